The lowest BCUT2D eigenvalue weighted by Gasteiger charge is -2.29. The highest BCUT2D eigenvalue weighted by Gasteiger charge is 2.21. The maximum Gasteiger partial charge on any atom is 0.0708 e. The molecule has 3 rings (SSSR count). The van der Waals surface area contributed by atoms with Crippen LogP contribution in [0.3, 0.4) is 0 Å². The van der Waals surface area contributed by atoms with Crippen LogP contribution in [-0.4, -0.2) is 29.5 Å². The van der Waals surface area contributed by atoms with E-state index in [1.165, 1.54) is 22.2 Å². The number of likely N-dealkylation sites (N-methyl/N-ethyl adjacent to an activating group) is 1. The summed E-state index contributed by atoms with van der Waals surface area (Å²) >= 11 is 0. The molecule has 20 heavy (non-hydrogen) atoms. The first-order valence-electron chi connectivity index (χ1n) is 7.66. The van der Waals surface area contributed by atoms with E-state index >= 15 is 0 Å². The number of nitrogens with zero attached hydrogens (tertiary/aromatic N) is 2. The van der Waals surface area contributed by atoms with Crippen molar-refractivity contribution < 1.29 is 0 Å². The minimum Gasteiger partial charge on any atom is -0.313 e. The molecule has 0 saturated carbocycles. The lowest BCUT2D eigenvalue weighted by atomic mass is 9.95. The summed E-state index contributed by atoms with van der Waals surface area (Å²) in [6.07, 6.45) is 1.08. The van der Waals surface area contributed by atoms with Crippen LogP contribution in [0.15, 0.2) is 24.3 Å². The van der Waals surface area contributed by atoms with Gasteiger partial charge in [0, 0.05) is 37.1 Å². The zero-order valence-electron chi connectivity index (χ0n) is 12.4. The highest BCUT2D eigenvalue weighted by molar-refractivity contribution is 5.83. The molecule has 1 aliphatic rings. The van der Waals surface area contributed by atoms with Crippen molar-refractivity contribution >= 4 is 10.9 Å². The molecule has 0 fully saturated rings. The molecule has 2 heterocycles. The summed E-state index contributed by atoms with van der Waals surface area (Å²) in [5.41, 5.74) is 5.36. The molecule has 3 heteroatoms. The molecule has 0 spiro atoms. The zero-order chi connectivity index (χ0) is 13.9. The predicted octanol–water partition coefficient (Wildman–Crippen LogP) is 2.72. The normalized spacial score (nSPS) is 15.5. The van der Waals surface area contributed by atoms with Gasteiger partial charge in [-0.1, -0.05) is 32.0 Å². The van der Waals surface area contributed by atoms with E-state index in [-0.39, 0.29) is 0 Å². The van der Waals surface area contributed by atoms with E-state index in [0.717, 1.165) is 44.7 Å². The third-order valence-electron chi connectivity index (χ3n) is 4.24. The second-order valence-electron chi connectivity index (χ2n) is 5.43. The highest BCUT2D eigenvalue weighted by atomic mass is 15.1. The average Bonchev–Trinajstić information content (AvgIpc) is 2.51. The fourth-order valence-corrected chi connectivity index (χ4v) is 3.06. The van der Waals surface area contributed by atoms with Gasteiger partial charge in [-0.3, -0.25) is 9.88 Å². The van der Waals surface area contributed by atoms with Crippen molar-refractivity contribution in [1.82, 2.24) is 15.2 Å². The number of fused-ring (bicyclic) bond motifs is 2. The molecule has 3 nitrogen and oxygen atoms in total. The summed E-state index contributed by atoms with van der Waals surface area (Å²) in [6.45, 7) is 9.65. The Bertz CT molecular complexity index is 606. The minimum atomic E-state index is 0.944. The van der Waals surface area contributed by atoms with Crippen molar-refractivity contribution in [2.45, 2.75) is 33.4 Å². The molecule has 0 unspecified atom stereocenters. The molecule has 0 amide bonds. The first kappa shape index (κ1) is 13.5. The summed E-state index contributed by atoms with van der Waals surface area (Å²) in [7, 11) is 0. The Morgan fingerprint density at radius 3 is 2.90 bits per heavy atom. The lowest BCUT2D eigenvalue weighted by Crippen LogP contribution is -2.32. The van der Waals surface area contributed by atoms with Crippen molar-refractivity contribution in [2.75, 3.05) is 19.6 Å². The van der Waals surface area contributed by atoms with Gasteiger partial charge in [-0.2, -0.15) is 0 Å². The second-order valence-corrected chi connectivity index (χ2v) is 5.43. The highest BCUT2D eigenvalue weighted by Crippen LogP contribution is 2.27. The van der Waals surface area contributed by atoms with E-state index in [9.17, 15) is 0 Å². The predicted molar refractivity (Wildman–Crippen MR) is 83.8 cm³/mol. The monoisotopic (exact) mass is 269 g/mol. The summed E-state index contributed by atoms with van der Waals surface area (Å²) in [5.74, 6) is 0. The Labute approximate surface area is 121 Å². The van der Waals surface area contributed by atoms with Crippen molar-refractivity contribution in [3.63, 3.8) is 0 Å². The van der Waals surface area contributed by atoms with Crippen LogP contribution in [0.4, 0.5) is 0 Å². The Balaban J connectivity index is 2.13. The van der Waals surface area contributed by atoms with E-state index in [1.54, 1.807) is 0 Å². The molecule has 0 aliphatic carbocycles. The molecule has 1 N–H and O–H groups in total. The van der Waals surface area contributed by atoms with E-state index in [4.69, 9.17) is 4.98 Å². The first-order valence-corrected chi connectivity index (χ1v) is 7.66. The molecule has 0 radical (unpaired) electrons. The summed E-state index contributed by atoms with van der Waals surface area (Å²) in [5, 5.41) is 4.80. The minimum absolute atomic E-state index is 0.944. The molecular formula is C17H23N3. The number of rotatable bonds is 4. The Hall–Kier alpha value is -1.45. The molecule has 2 aromatic rings. The third-order valence-corrected chi connectivity index (χ3v) is 4.24. The van der Waals surface area contributed by atoms with E-state index in [0.29, 0.717) is 0 Å². The number of benzene rings is 1. The Morgan fingerprint density at radius 2 is 2.10 bits per heavy atom. The van der Waals surface area contributed by atoms with Crippen LogP contribution in [0.1, 0.15) is 30.7 Å². The maximum atomic E-state index is 4.90. The number of hydrogen-bond acceptors (Lipinski definition) is 3. The summed E-state index contributed by atoms with van der Waals surface area (Å²) < 4.78 is 0. The topological polar surface area (TPSA) is 28.2 Å². The number of nitrogens with one attached hydrogen (secondary N) is 1. The molecule has 1 aliphatic heterocycles. The molecular weight excluding hydrogens is 246 g/mol. The van der Waals surface area contributed by atoms with Gasteiger partial charge in [-0.25, -0.2) is 0 Å². The van der Waals surface area contributed by atoms with Crippen LogP contribution in [0.2, 0.25) is 0 Å². The standard InChI is InChI=1S/C17H23N3/c1-3-18-11-14-13-7-5-6-8-16(13)19-17-9-10-20(4-2)12-15(14)17/h5-8,18H,3-4,9-12H2,1-2H3. The van der Waals surface area contributed by atoms with Gasteiger partial charge in [-0.15, -0.1) is 0 Å². The van der Waals surface area contributed by atoms with Crippen LogP contribution in [-0.2, 0) is 19.5 Å². The fourth-order valence-electron chi connectivity index (χ4n) is 3.06. The average molecular weight is 269 g/mol. The van der Waals surface area contributed by atoms with Crippen molar-refractivity contribution in [3.8, 4) is 0 Å². The van der Waals surface area contributed by atoms with Crippen LogP contribution >= 0.6 is 0 Å². The SMILES string of the molecule is CCNCc1c2c(nc3ccccc13)CCN(CC)C2. The number of aromatic nitrogens is 1. The second kappa shape index (κ2) is 5.90. The van der Waals surface area contributed by atoms with Crippen molar-refractivity contribution in [2.24, 2.45) is 0 Å². The number of pyridine rings is 1. The lowest BCUT2D eigenvalue weighted by molar-refractivity contribution is 0.265. The summed E-state index contributed by atoms with van der Waals surface area (Å²) in [6, 6.07) is 8.55. The van der Waals surface area contributed by atoms with Crippen LogP contribution in [0.5, 0.6) is 0 Å². The van der Waals surface area contributed by atoms with Gasteiger partial charge < -0.3 is 5.32 Å². The van der Waals surface area contributed by atoms with E-state index < -0.39 is 0 Å². The van der Waals surface area contributed by atoms with Crippen molar-refractivity contribution in [3.05, 3.63) is 41.1 Å². The fraction of sp³-hybridized carbons (Fsp3) is 0.471. The Kier molecular flexibility index (Phi) is 3.99. The van der Waals surface area contributed by atoms with Crippen LogP contribution < -0.4 is 5.32 Å². The molecule has 1 aromatic carbocycles. The van der Waals surface area contributed by atoms with Crippen molar-refractivity contribution in [1.29, 1.82) is 0 Å². The quantitative estimate of drug-likeness (QED) is 0.925. The Morgan fingerprint density at radius 1 is 1.25 bits per heavy atom. The maximum absolute atomic E-state index is 4.90. The van der Waals surface area contributed by atoms with Gasteiger partial charge >= 0.3 is 0 Å². The van der Waals surface area contributed by atoms with E-state index in [1.807, 2.05) is 0 Å². The largest absolute Gasteiger partial charge is 0.313 e. The number of para-hydroxylation sites is 1. The molecule has 0 saturated heterocycles. The van der Waals surface area contributed by atoms with Crippen LogP contribution in [0, 0.1) is 0 Å². The van der Waals surface area contributed by atoms with Gasteiger partial charge in [0.2, 0.25) is 0 Å². The molecule has 0 atom stereocenters. The first-order chi connectivity index (χ1) is 9.83. The van der Waals surface area contributed by atoms with E-state index in [2.05, 4.69) is 48.3 Å². The molecule has 0 bridgehead atoms. The molecule has 106 valence electrons. The van der Waals surface area contributed by atoms with Gasteiger partial charge in [0.15, 0.2) is 0 Å². The van der Waals surface area contributed by atoms with Crippen LogP contribution in [0.25, 0.3) is 10.9 Å². The zero-order valence-corrected chi connectivity index (χ0v) is 12.4. The van der Waals surface area contributed by atoms with Gasteiger partial charge in [0.25, 0.3) is 0 Å². The smallest absolute Gasteiger partial charge is 0.0708 e. The van der Waals surface area contributed by atoms with Gasteiger partial charge in [0.1, 0.15) is 0 Å². The third kappa shape index (κ3) is 2.43. The summed E-state index contributed by atoms with van der Waals surface area (Å²) in [4.78, 5) is 7.41. The molecule has 1 aromatic heterocycles. The number of hydrogen-bond donors (Lipinski definition) is 1. The van der Waals surface area contributed by atoms with Gasteiger partial charge in [-0.05, 0) is 30.3 Å². The van der Waals surface area contributed by atoms with Gasteiger partial charge in [0.05, 0.1) is 5.52 Å².